The maximum atomic E-state index is 13.7. The second kappa shape index (κ2) is 12.0. The number of ether oxygens (including phenoxy) is 1. The second-order valence-corrected chi connectivity index (χ2v) is 12.1. The van der Waals surface area contributed by atoms with Gasteiger partial charge in [0.25, 0.3) is 5.91 Å². The molecule has 5 rings (SSSR count). The number of carbonyl (C=O) groups excluding carboxylic acids is 1. The first kappa shape index (κ1) is 30.0. The Kier molecular flexibility index (Phi) is 8.58. The second-order valence-electron chi connectivity index (χ2n) is 11.3. The van der Waals surface area contributed by atoms with E-state index in [2.05, 4.69) is 15.4 Å². The lowest BCUT2D eigenvalue weighted by atomic mass is 9.98. The van der Waals surface area contributed by atoms with Gasteiger partial charge >= 0.3 is 5.97 Å². The zero-order valence-corrected chi connectivity index (χ0v) is 26.0. The summed E-state index contributed by atoms with van der Waals surface area (Å²) in [7, 11) is 1.90. The smallest absolute Gasteiger partial charge is 0.306 e. The molecule has 0 spiro atoms. The van der Waals surface area contributed by atoms with Gasteiger partial charge in [-0.05, 0) is 94.7 Å². The number of halogens is 2. The van der Waals surface area contributed by atoms with Crippen LogP contribution >= 0.6 is 23.2 Å². The van der Waals surface area contributed by atoms with Gasteiger partial charge in [0.1, 0.15) is 11.4 Å². The van der Waals surface area contributed by atoms with Crippen LogP contribution in [0, 0.1) is 33.6 Å². The molecule has 0 radical (unpaired) electrons. The molecule has 4 aromatic rings. The number of aromatic nitrogens is 3. The maximum Gasteiger partial charge on any atom is 0.306 e. The Morgan fingerprint density at radius 3 is 2.45 bits per heavy atom. The summed E-state index contributed by atoms with van der Waals surface area (Å²) < 4.78 is 7.89. The van der Waals surface area contributed by atoms with Gasteiger partial charge in [0.15, 0.2) is 0 Å². The zero-order valence-electron chi connectivity index (χ0n) is 24.5. The first-order valence-electron chi connectivity index (χ1n) is 14.2. The summed E-state index contributed by atoms with van der Waals surface area (Å²) in [5.41, 5.74) is 7.61. The molecule has 10 heteroatoms. The summed E-state index contributed by atoms with van der Waals surface area (Å²) in [4.78, 5) is 28.6. The number of benzene rings is 2. The van der Waals surface area contributed by atoms with Crippen molar-refractivity contribution >= 4 is 46.0 Å². The number of hydrogen-bond acceptors (Lipinski definition) is 4. The van der Waals surface area contributed by atoms with Gasteiger partial charge in [-0.3, -0.25) is 14.3 Å². The van der Waals surface area contributed by atoms with E-state index in [0.29, 0.717) is 49.4 Å². The van der Waals surface area contributed by atoms with E-state index in [0.717, 1.165) is 60.9 Å². The third-order valence-corrected chi connectivity index (χ3v) is 9.30. The number of nitrogens with zero attached hydrogens (tertiary/aromatic N) is 2. The van der Waals surface area contributed by atoms with Crippen LogP contribution in [-0.2, 0) is 18.3 Å². The van der Waals surface area contributed by atoms with Crippen LogP contribution in [0.15, 0.2) is 24.3 Å². The Morgan fingerprint density at radius 1 is 1.12 bits per heavy atom. The number of carboxylic acid groups (broad SMARTS) is 1. The molecule has 2 aromatic heterocycles. The topological polar surface area (TPSA) is 109 Å². The molecule has 2 unspecified atom stereocenters. The monoisotopic (exact) mass is 610 g/mol. The summed E-state index contributed by atoms with van der Waals surface area (Å²) in [6.07, 6.45) is 2.87. The maximum absolute atomic E-state index is 13.7. The number of H-pyrrole nitrogens is 1. The molecule has 3 N–H and O–H groups in total. The quantitative estimate of drug-likeness (QED) is 0.175. The average Bonchev–Trinajstić information content (AvgIpc) is 3.62. The normalized spacial score (nSPS) is 16.7. The van der Waals surface area contributed by atoms with Crippen LogP contribution in [0.5, 0.6) is 5.75 Å². The number of nitrogens with one attached hydrogen (secondary N) is 2. The largest absolute Gasteiger partial charge is 0.494 e. The molecule has 2 atom stereocenters. The third-order valence-electron chi connectivity index (χ3n) is 8.38. The fraction of sp³-hybridized carbons (Fsp3) is 0.406. The summed E-state index contributed by atoms with van der Waals surface area (Å²) in [5, 5.41) is 19.3. The molecule has 1 aliphatic rings. The molecule has 1 fully saturated rings. The highest BCUT2D eigenvalue weighted by Gasteiger charge is 2.32. The minimum absolute atomic E-state index is 0.191. The van der Waals surface area contributed by atoms with Gasteiger partial charge in [-0.15, -0.1) is 0 Å². The van der Waals surface area contributed by atoms with E-state index in [1.807, 2.05) is 63.7 Å². The first-order valence-corrected chi connectivity index (χ1v) is 15.0. The summed E-state index contributed by atoms with van der Waals surface area (Å²) in [6.45, 7) is 8.31. The average molecular weight is 612 g/mol. The number of fused-ring (bicyclic) bond motifs is 1. The predicted molar refractivity (Wildman–Crippen MR) is 166 cm³/mol. The fourth-order valence-corrected chi connectivity index (χ4v) is 6.51. The molecular weight excluding hydrogens is 575 g/mol. The van der Waals surface area contributed by atoms with Crippen molar-refractivity contribution in [3.05, 3.63) is 68.1 Å². The Morgan fingerprint density at radius 2 is 1.83 bits per heavy atom. The zero-order chi connectivity index (χ0) is 30.3. The molecule has 1 aliphatic carbocycles. The number of aromatic amines is 1. The lowest BCUT2D eigenvalue weighted by molar-refractivity contribution is -0.141. The highest BCUT2D eigenvalue weighted by molar-refractivity contribution is 6.35. The van der Waals surface area contributed by atoms with Crippen LogP contribution in [-0.4, -0.2) is 44.4 Å². The van der Waals surface area contributed by atoms with Crippen LogP contribution in [0.1, 0.15) is 64.2 Å². The summed E-state index contributed by atoms with van der Waals surface area (Å²) in [6, 6.07) is 7.49. The van der Waals surface area contributed by atoms with Gasteiger partial charge in [-0.25, -0.2) is 0 Å². The first-order chi connectivity index (χ1) is 20.0. The molecule has 1 saturated carbocycles. The number of amides is 1. The Hall–Kier alpha value is -3.49. The predicted octanol–water partition coefficient (Wildman–Crippen LogP) is 7.10. The minimum Gasteiger partial charge on any atom is -0.494 e. The van der Waals surface area contributed by atoms with E-state index >= 15 is 0 Å². The highest BCUT2D eigenvalue weighted by atomic mass is 35.5. The van der Waals surface area contributed by atoms with Crippen molar-refractivity contribution in [2.75, 3.05) is 6.61 Å². The van der Waals surface area contributed by atoms with E-state index < -0.39 is 11.9 Å². The van der Waals surface area contributed by atoms with E-state index in [1.165, 1.54) is 0 Å². The molecular formula is C32H36Cl2N4O4. The Bertz CT molecular complexity index is 1670. The molecule has 1 amide bonds. The van der Waals surface area contributed by atoms with Crippen molar-refractivity contribution in [2.45, 2.75) is 65.8 Å². The van der Waals surface area contributed by atoms with E-state index in [9.17, 15) is 14.7 Å². The number of hydrogen-bond donors (Lipinski definition) is 3. The van der Waals surface area contributed by atoms with Crippen molar-refractivity contribution in [3.8, 4) is 16.9 Å². The molecule has 2 aromatic carbocycles. The third kappa shape index (κ3) is 5.75. The van der Waals surface area contributed by atoms with Gasteiger partial charge < -0.3 is 20.1 Å². The number of aliphatic carboxylic acids is 1. The molecule has 0 bridgehead atoms. The molecule has 42 heavy (non-hydrogen) atoms. The lowest BCUT2D eigenvalue weighted by Crippen LogP contribution is -2.34. The van der Waals surface area contributed by atoms with Crippen molar-refractivity contribution in [1.82, 2.24) is 20.1 Å². The molecule has 0 saturated heterocycles. The van der Waals surface area contributed by atoms with Crippen molar-refractivity contribution in [1.29, 1.82) is 0 Å². The SMILES string of the molecule is Cc1cc(OCCCc2c(C(=O)NC3CCC(C(=O)O)C3)[nH]c3c(-c4c(C)nn(C)c4C)c(Cl)ccc23)cc(C)c1Cl. The van der Waals surface area contributed by atoms with Crippen LogP contribution < -0.4 is 10.1 Å². The summed E-state index contributed by atoms with van der Waals surface area (Å²) in [5.74, 6) is -0.733. The summed E-state index contributed by atoms with van der Waals surface area (Å²) >= 11 is 13.1. The van der Waals surface area contributed by atoms with Gasteiger partial charge in [0.05, 0.1) is 28.8 Å². The Labute approximate surface area is 255 Å². The molecule has 222 valence electrons. The van der Waals surface area contributed by atoms with Crippen LogP contribution in [0.4, 0.5) is 0 Å². The van der Waals surface area contributed by atoms with Crippen molar-refractivity contribution < 1.29 is 19.4 Å². The van der Waals surface area contributed by atoms with Crippen LogP contribution in [0.2, 0.25) is 10.0 Å². The van der Waals surface area contributed by atoms with Crippen LogP contribution in [0.3, 0.4) is 0 Å². The van der Waals surface area contributed by atoms with Crippen molar-refractivity contribution in [3.63, 3.8) is 0 Å². The molecule has 8 nitrogen and oxygen atoms in total. The van der Waals surface area contributed by atoms with E-state index in [1.54, 1.807) is 0 Å². The minimum atomic E-state index is -0.814. The molecule has 2 heterocycles. The highest BCUT2D eigenvalue weighted by Crippen LogP contribution is 2.40. The molecule has 0 aliphatic heterocycles. The number of carboxylic acids is 1. The lowest BCUT2D eigenvalue weighted by Gasteiger charge is -2.13. The van der Waals surface area contributed by atoms with Gasteiger partial charge in [0.2, 0.25) is 0 Å². The van der Waals surface area contributed by atoms with Gasteiger partial charge in [-0.1, -0.05) is 29.3 Å². The number of carbonyl (C=O) groups is 2. The van der Waals surface area contributed by atoms with E-state index in [-0.39, 0.29) is 11.9 Å². The Balaban J connectivity index is 1.48. The number of rotatable bonds is 9. The fourth-order valence-electron chi connectivity index (χ4n) is 6.15. The van der Waals surface area contributed by atoms with Gasteiger partial charge in [0, 0.05) is 40.3 Å². The van der Waals surface area contributed by atoms with Crippen molar-refractivity contribution in [2.24, 2.45) is 13.0 Å². The standard InChI is InChI=1S/C32H36Cl2N4O4/c1-16-13-22(14-17(2)28(16)34)42-12-6-7-23-24-10-11-25(33)27(26-18(3)37-38(5)19(26)4)29(24)36-30(23)31(39)35-21-9-8-20(15-21)32(40)41/h10-11,13-14,20-21,36H,6-9,12,15H2,1-5H3,(H,35,39)(H,40,41). The van der Waals surface area contributed by atoms with Crippen LogP contribution in [0.25, 0.3) is 22.0 Å². The van der Waals surface area contributed by atoms with E-state index in [4.69, 9.17) is 27.9 Å². The van der Waals surface area contributed by atoms with Gasteiger partial charge in [-0.2, -0.15) is 5.10 Å². The number of aryl methyl sites for hydroxylation is 5.